The highest BCUT2D eigenvalue weighted by atomic mass is 19.1. The van der Waals surface area contributed by atoms with Gasteiger partial charge in [-0.25, -0.2) is 9.18 Å². The molecule has 0 heterocycles. The Morgan fingerprint density at radius 3 is 2.59 bits per heavy atom. The van der Waals surface area contributed by atoms with Crippen LogP contribution in [0.5, 0.6) is 0 Å². The zero-order valence-electron chi connectivity index (χ0n) is 8.68. The predicted octanol–water partition coefficient (Wildman–Crippen LogP) is -0.417. The van der Waals surface area contributed by atoms with Crippen LogP contribution in [0.25, 0.3) is 0 Å². The Balaban J connectivity index is 2.86. The Kier molecular flexibility index (Phi) is 4.00. The zero-order chi connectivity index (χ0) is 13.0. The number of aliphatic hydroxyl groups is 1. The maximum Gasteiger partial charge on any atom is 0.328 e. The van der Waals surface area contributed by atoms with E-state index in [1.165, 1.54) is 6.07 Å². The zero-order valence-corrected chi connectivity index (χ0v) is 8.68. The number of rotatable bonds is 4. The first-order chi connectivity index (χ1) is 7.95. The molecule has 7 heteroatoms. The van der Waals surface area contributed by atoms with Gasteiger partial charge in [0.1, 0.15) is 5.82 Å². The highest BCUT2D eigenvalue weighted by Crippen LogP contribution is 2.11. The van der Waals surface area contributed by atoms with E-state index in [4.69, 9.17) is 15.9 Å². The van der Waals surface area contributed by atoms with Crippen LogP contribution in [-0.2, 0) is 4.79 Å². The van der Waals surface area contributed by atoms with E-state index in [1.807, 2.05) is 5.32 Å². The van der Waals surface area contributed by atoms with Crippen LogP contribution in [0.4, 0.5) is 10.1 Å². The Morgan fingerprint density at radius 2 is 2.12 bits per heavy atom. The molecule has 0 bridgehead atoms. The number of carboxylic acids is 1. The van der Waals surface area contributed by atoms with Gasteiger partial charge in [0.2, 0.25) is 0 Å². The van der Waals surface area contributed by atoms with Crippen molar-refractivity contribution in [2.24, 2.45) is 0 Å². The van der Waals surface area contributed by atoms with Crippen LogP contribution in [0.15, 0.2) is 18.2 Å². The lowest BCUT2D eigenvalue weighted by molar-refractivity contribution is -0.140. The molecule has 0 unspecified atom stereocenters. The summed E-state index contributed by atoms with van der Waals surface area (Å²) in [5.41, 5.74) is 5.11. The van der Waals surface area contributed by atoms with Crippen LogP contribution in [0.1, 0.15) is 10.4 Å². The number of hydrogen-bond acceptors (Lipinski definition) is 4. The highest BCUT2D eigenvalue weighted by molar-refractivity contribution is 5.97. The van der Waals surface area contributed by atoms with Crippen molar-refractivity contribution in [2.45, 2.75) is 6.04 Å². The molecule has 5 N–H and O–H groups in total. The first-order valence-electron chi connectivity index (χ1n) is 4.65. The van der Waals surface area contributed by atoms with Crippen molar-refractivity contribution >= 4 is 17.6 Å². The van der Waals surface area contributed by atoms with Crippen LogP contribution in [-0.4, -0.2) is 34.7 Å². The summed E-state index contributed by atoms with van der Waals surface area (Å²) in [6, 6.07) is 1.92. The summed E-state index contributed by atoms with van der Waals surface area (Å²) in [6.45, 7) is -0.780. The Morgan fingerprint density at radius 1 is 1.47 bits per heavy atom. The van der Waals surface area contributed by atoms with Crippen LogP contribution in [0.3, 0.4) is 0 Å². The lowest BCUT2D eigenvalue weighted by atomic mass is 10.1. The van der Waals surface area contributed by atoms with Crippen molar-refractivity contribution in [3.63, 3.8) is 0 Å². The smallest absolute Gasteiger partial charge is 0.328 e. The molecule has 0 saturated heterocycles. The second-order valence-electron chi connectivity index (χ2n) is 3.29. The Labute approximate surface area is 95.9 Å². The predicted molar refractivity (Wildman–Crippen MR) is 56.8 cm³/mol. The fourth-order valence-corrected chi connectivity index (χ4v) is 1.14. The molecule has 0 spiro atoms. The number of nitrogens with one attached hydrogen (secondary N) is 1. The third kappa shape index (κ3) is 3.15. The van der Waals surface area contributed by atoms with Gasteiger partial charge in [-0.15, -0.1) is 0 Å². The van der Waals surface area contributed by atoms with E-state index in [0.29, 0.717) is 0 Å². The number of halogens is 1. The van der Waals surface area contributed by atoms with Gasteiger partial charge in [-0.05, 0) is 18.2 Å². The minimum atomic E-state index is -1.47. The maximum absolute atomic E-state index is 13.3. The van der Waals surface area contributed by atoms with Crippen molar-refractivity contribution in [1.82, 2.24) is 5.32 Å². The Bertz CT molecular complexity index is 450. The van der Waals surface area contributed by atoms with E-state index in [0.717, 1.165) is 12.1 Å². The van der Waals surface area contributed by atoms with Crippen molar-refractivity contribution < 1.29 is 24.2 Å². The molecule has 0 aliphatic heterocycles. The summed E-state index contributed by atoms with van der Waals surface area (Å²) >= 11 is 0. The van der Waals surface area contributed by atoms with Crippen molar-refractivity contribution in [3.8, 4) is 0 Å². The lowest BCUT2D eigenvalue weighted by Crippen LogP contribution is -2.43. The van der Waals surface area contributed by atoms with Gasteiger partial charge in [0.25, 0.3) is 5.91 Å². The number of carbonyl (C=O) groups excluding carboxylic acids is 1. The summed E-state index contributed by atoms with van der Waals surface area (Å²) < 4.78 is 13.3. The van der Waals surface area contributed by atoms with Gasteiger partial charge in [-0.1, -0.05) is 0 Å². The molecule has 1 atom stereocenters. The van der Waals surface area contributed by atoms with Gasteiger partial charge in [0, 0.05) is 5.69 Å². The topological polar surface area (TPSA) is 113 Å². The van der Waals surface area contributed by atoms with Gasteiger partial charge in [0.15, 0.2) is 6.04 Å². The standard InChI is InChI=1S/C10H11FN2O4/c11-7-3-5(12)1-2-6(7)9(15)13-8(4-14)10(16)17/h1-3,8,14H,4,12H2,(H,13,15)(H,16,17)/t8-/m0/s1. The summed E-state index contributed by atoms with van der Waals surface area (Å²) in [6.07, 6.45) is 0. The fraction of sp³-hybridized carbons (Fsp3) is 0.200. The number of anilines is 1. The quantitative estimate of drug-likeness (QED) is 0.536. The van der Waals surface area contributed by atoms with Gasteiger partial charge < -0.3 is 21.3 Å². The van der Waals surface area contributed by atoms with E-state index in [1.54, 1.807) is 0 Å². The van der Waals surface area contributed by atoms with Crippen LogP contribution in [0, 0.1) is 5.82 Å². The minimum absolute atomic E-state index is 0.149. The molecule has 0 aliphatic rings. The summed E-state index contributed by atoms with van der Waals surface area (Å²) in [5.74, 6) is -3.19. The van der Waals surface area contributed by atoms with Crippen molar-refractivity contribution in [1.29, 1.82) is 0 Å². The second-order valence-corrected chi connectivity index (χ2v) is 3.29. The van der Waals surface area contributed by atoms with Gasteiger partial charge in [0.05, 0.1) is 12.2 Å². The molecule has 0 fully saturated rings. The highest BCUT2D eigenvalue weighted by Gasteiger charge is 2.21. The van der Waals surface area contributed by atoms with Crippen LogP contribution >= 0.6 is 0 Å². The number of hydrogen-bond donors (Lipinski definition) is 4. The molecule has 0 saturated carbocycles. The van der Waals surface area contributed by atoms with E-state index < -0.39 is 30.3 Å². The molecule has 1 aromatic carbocycles. The van der Waals surface area contributed by atoms with Crippen LogP contribution < -0.4 is 11.1 Å². The van der Waals surface area contributed by atoms with Gasteiger partial charge in [-0.3, -0.25) is 4.79 Å². The number of aliphatic carboxylic acids is 1. The molecule has 0 aliphatic carbocycles. The summed E-state index contributed by atoms with van der Waals surface area (Å²) in [4.78, 5) is 22.0. The molecule has 1 amide bonds. The van der Waals surface area contributed by atoms with Crippen molar-refractivity contribution in [3.05, 3.63) is 29.6 Å². The molecular formula is C10H11FN2O4. The lowest BCUT2D eigenvalue weighted by Gasteiger charge is -2.12. The van der Waals surface area contributed by atoms with Gasteiger partial charge in [-0.2, -0.15) is 0 Å². The SMILES string of the molecule is Nc1ccc(C(=O)N[C@@H](CO)C(=O)O)c(F)c1. The summed E-state index contributed by atoms with van der Waals surface area (Å²) in [7, 11) is 0. The molecule has 0 aromatic heterocycles. The third-order valence-corrected chi connectivity index (χ3v) is 2.02. The average Bonchev–Trinajstić information content (AvgIpc) is 2.24. The second kappa shape index (κ2) is 5.26. The van der Waals surface area contributed by atoms with Crippen molar-refractivity contribution in [2.75, 3.05) is 12.3 Å². The number of aliphatic hydroxyl groups excluding tert-OH is 1. The third-order valence-electron chi connectivity index (χ3n) is 2.02. The monoisotopic (exact) mass is 242 g/mol. The molecule has 1 rings (SSSR count). The Hall–Kier alpha value is -2.15. The fourth-order valence-electron chi connectivity index (χ4n) is 1.14. The summed E-state index contributed by atoms with van der Waals surface area (Å²) in [5, 5.41) is 19.3. The normalized spacial score (nSPS) is 11.9. The molecule has 17 heavy (non-hydrogen) atoms. The molecule has 1 aromatic rings. The van der Waals surface area contributed by atoms with E-state index >= 15 is 0 Å². The molecule has 0 radical (unpaired) electrons. The first-order valence-corrected chi connectivity index (χ1v) is 4.65. The molecule has 92 valence electrons. The first kappa shape index (κ1) is 12.9. The minimum Gasteiger partial charge on any atom is -0.480 e. The number of amides is 1. The number of benzene rings is 1. The number of nitrogen functional groups attached to an aromatic ring is 1. The number of carbonyl (C=O) groups is 2. The van der Waals surface area contributed by atoms with E-state index in [-0.39, 0.29) is 11.3 Å². The molecular weight excluding hydrogens is 231 g/mol. The average molecular weight is 242 g/mol. The molecule has 6 nitrogen and oxygen atoms in total. The van der Waals surface area contributed by atoms with E-state index in [9.17, 15) is 14.0 Å². The maximum atomic E-state index is 13.3. The number of carboxylic acid groups (broad SMARTS) is 1. The van der Waals surface area contributed by atoms with E-state index in [2.05, 4.69) is 0 Å². The van der Waals surface area contributed by atoms with Gasteiger partial charge >= 0.3 is 5.97 Å². The largest absolute Gasteiger partial charge is 0.480 e. The number of nitrogens with two attached hydrogens (primary N) is 1. The van der Waals surface area contributed by atoms with Crippen LogP contribution in [0.2, 0.25) is 0 Å².